The summed E-state index contributed by atoms with van der Waals surface area (Å²) in [7, 11) is 0. The van der Waals surface area contributed by atoms with Gasteiger partial charge in [0.15, 0.2) is 0 Å². The van der Waals surface area contributed by atoms with E-state index in [1.54, 1.807) is 0 Å². The zero-order chi connectivity index (χ0) is 7.68. The zero-order valence-corrected chi connectivity index (χ0v) is 7.52. The van der Waals surface area contributed by atoms with Gasteiger partial charge in [-0.2, -0.15) is 11.8 Å². The molecule has 0 radical (unpaired) electrons. The van der Waals surface area contributed by atoms with Crippen LogP contribution in [-0.2, 0) is 0 Å². The first-order valence-electron chi connectivity index (χ1n) is 4.36. The predicted octanol–water partition coefficient (Wildman–Crippen LogP) is 0.559. The lowest BCUT2D eigenvalue weighted by Gasteiger charge is -2.21. The van der Waals surface area contributed by atoms with Crippen molar-refractivity contribution in [2.24, 2.45) is 0 Å². The molecule has 2 nitrogen and oxygen atoms in total. The SMILES string of the molecule is O[C@@H]1CCN([C@H]2CCSC2)C1. The molecule has 2 saturated heterocycles. The summed E-state index contributed by atoms with van der Waals surface area (Å²) in [6, 6.07) is 0.775. The fourth-order valence-corrected chi connectivity index (χ4v) is 3.16. The maximum Gasteiger partial charge on any atom is 0.0679 e. The minimum Gasteiger partial charge on any atom is -0.392 e. The van der Waals surface area contributed by atoms with Gasteiger partial charge in [0.2, 0.25) is 0 Å². The summed E-state index contributed by atoms with van der Waals surface area (Å²) in [5.74, 6) is 2.60. The number of aliphatic hydroxyl groups is 1. The van der Waals surface area contributed by atoms with Crippen LogP contribution in [0.4, 0.5) is 0 Å². The van der Waals surface area contributed by atoms with Crippen LogP contribution in [-0.4, -0.2) is 46.7 Å². The second-order valence-electron chi connectivity index (χ2n) is 3.45. The predicted molar refractivity (Wildman–Crippen MR) is 47.9 cm³/mol. The highest BCUT2D eigenvalue weighted by molar-refractivity contribution is 7.99. The number of nitrogens with zero attached hydrogens (tertiary/aromatic N) is 1. The Balaban J connectivity index is 1.85. The number of hydrogen-bond donors (Lipinski definition) is 1. The third-order valence-electron chi connectivity index (χ3n) is 2.62. The molecule has 2 rings (SSSR count). The molecule has 11 heavy (non-hydrogen) atoms. The van der Waals surface area contributed by atoms with Gasteiger partial charge in [-0.1, -0.05) is 0 Å². The van der Waals surface area contributed by atoms with Crippen molar-refractivity contribution >= 4 is 11.8 Å². The zero-order valence-electron chi connectivity index (χ0n) is 6.70. The van der Waals surface area contributed by atoms with Crippen LogP contribution in [0, 0.1) is 0 Å². The lowest BCUT2D eigenvalue weighted by atomic mass is 10.2. The van der Waals surface area contributed by atoms with Crippen molar-refractivity contribution in [3.63, 3.8) is 0 Å². The molecule has 0 aromatic rings. The minimum atomic E-state index is -0.0411. The molecule has 64 valence electrons. The van der Waals surface area contributed by atoms with Gasteiger partial charge < -0.3 is 5.11 Å². The van der Waals surface area contributed by atoms with Gasteiger partial charge in [-0.05, 0) is 18.6 Å². The number of aliphatic hydroxyl groups excluding tert-OH is 1. The van der Waals surface area contributed by atoms with Crippen molar-refractivity contribution in [1.29, 1.82) is 0 Å². The molecule has 0 spiro atoms. The highest BCUT2D eigenvalue weighted by Crippen LogP contribution is 2.25. The molecule has 0 aromatic heterocycles. The summed E-state index contributed by atoms with van der Waals surface area (Å²) in [4.78, 5) is 2.45. The summed E-state index contributed by atoms with van der Waals surface area (Å²) in [6.07, 6.45) is 2.28. The largest absolute Gasteiger partial charge is 0.392 e. The van der Waals surface area contributed by atoms with Crippen molar-refractivity contribution < 1.29 is 5.11 Å². The molecule has 0 unspecified atom stereocenters. The van der Waals surface area contributed by atoms with Gasteiger partial charge in [0.05, 0.1) is 6.10 Å². The van der Waals surface area contributed by atoms with E-state index < -0.39 is 0 Å². The number of thioether (sulfide) groups is 1. The standard InChI is InChI=1S/C8H15NOS/c10-8-1-3-9(5-8)7-2-4-11-6-7/h7-8,10H,1-6H2/t7-,8+/m0/s1. The third-order valence-corrected chi connectivity index (χ3v) is 3.76. The summed E-state index contributed by atoms with van der Waals surface area (Å²) in [6.45, 7) is 2.04. The quantitative estimate of drug-likeness (QED) is 0.627. The van der Waals surface area contributed by atoms with Crippen molar-refractivity contribution in [3.8, 4) is 0 Å². The molecule has 0 aliphatic carbocycles. The Bertz CT molecular complexity index is 136. The van der Waals surface area contributed by atoms with E-state index in [2.05, 4.69) is 4.90 Å². The molecule has 2 heterocycles. The fraction of sp³-hybridized carbons (Fsp3) is 1.00. The van der Waals surface area contributed by atoms with Crippen LogP contribution in [0.15, 0.2) is 0 Å². The molecule has 3 heteroatoms. The van der Waals surface area contributed by atoms with Crippen LogP contribution >= 0.6 is 11.8 Å². The van der Waals surface area contributed by atoms with Gasteiger partial charge in [0.1, 0.15) is 0 Å². The first kappa shape index (κ1) is 7.90. The summed E-state index contributed by atoms with van der Waals surface area (Å²) >= 11 is 2.05. The van der Waals surface area contributed by atoms with E-state index >= 15 is 0 Å². The van der Waals surface area contributed by atoms with E-state index in [1.807, 2.05) is 11.8 Å². The van der Waals surface area contributed by atoms with Crippen LogP contribution in [0.3, 0.4) is 0 Å². The smallest absolute Gasteiger partial charge is 0.0679 e. The number of β-amino-alcohol motifs (C(OH)–C–C–N with tert-alkyl or cyclic N) is 1. The number of hydrogen-bond acceptors (Lipinski definition) is 3. The lowest BCUT2D eigenvalue weighted by molar-refractivity contribution is 0.164. The minimum absolute atomic E-state index is 0.0411. The molecule has 2 atom stereocenters. The first-order valence-corrected chi connectivity index (χ1v) is 5.51. The second-order valence-corrected chi connectivity index (χ2v) is 4.60. The molecule has 2 fully saturated rings. The Morgan fingerprint density at radius 2 is 2.27 bits per heavy atom. The summed E-state index contributed by atoms with van der Waals surface area (Å²) < 4.78 is 0. The van der Waals surface area contributed by atoms with E-state index in [0.29, 0.717) is 0 Å². The van der Waals surface area contributed by atoms with Gasteiger partial charge in [-0.3, -0.25) is 4.90 Å². The monoisotopic (exact) mass is 173 g/mol. The Morgan fingerprint density at radius 1 is 1.36 bits per heavy atom. The Kier molecular flexibility index (Phi) is 2.39. The van der Waals surface area contributed by atoms with E-state index in [9.17, 15) is 5.11 Å². The molecule has 2 aliphatic rings. The number of likely N-dealkylation sites (tertiary alicyclic amines) is 1. The lowest BCUT2D eigenvalue weighted by Crippen LogP contribution is -2.33. The maximum atomic E-state index is 9.31. The summed E-state index contributed by atoms with van der Waals surface area (Å²) in [5.41, 5.74) is 0. The molecule has 2 aliphatic heterocycles. The van der Waals surface area contributed by atoms with Gasteiger partial charge in [-0.15, -0.1) is 0 Å². The van der Waals surface area contributed by atoms with E-state index in [1.165, 1.54) is 17.9 Å². The van der Waals surface area contributed by atoms with E-state index in [4.69, 9.17) is 0 Å². The van der Waals surface area contributed by atoms with Gasteiger partial charge in [0, 0.05) is 24.9 Å². The Labute approximate surface area is 72.0 Å². The van der Waals surface area contributed by atoms with Gasteiger partial charge in [-0.25, -0.2) is 0 Å². The Morgan fingerprint density at radius 3 is 2.82 bits per heavy atom. The topological polar surface area (TPSA) is 23.5 Å². The first-order chi connectivity index (χ1) is 5.36. The van der Waals surface area contributed by atoms with Crippen LogP contribution in [0.1, 0.15) is 12.8 Å². The molecule has 0 amide bonds. The Hall–Kier alpha value is 0.270. The van der Waals surface area contributed by atoms with Crippen LogP contribution < -0.4 is 0 Å². The fourth-order valence-electron chi connectivity index (χ4n) is 1.91. The van der Waals surface area contributed by atoms with Gasteiger partial charge in [0.25, 0.3) is 0 Å². The van der Waals surface area contributed by atoms with E-state index in [-0.39, 0.29) is 6.10 Å². The average Bonchev–Trinajstić information content (AvgIpc) is 2.55. The van der Waals surface area contributed by atoms with Crippen LogP contribution in [0.5, 0.6) is 0 Å². The highest BCUT2D eigenvalue weighted by Gasteiger charge is 2.28. The molecular formula is C8H15NOS. The highest BCUT2D eigenvalue weighted by atomic mass is 32.2. The van der Waals surface area contributed by atoms with Crippen molar-refractivity contribution in [2.75, 3.05) is 24.6 Å². The van der Waals surface area contributed by atoms with Crippen molar-refractivity contribution in [1.82, 2.24) is 4.90 Å². The second kappa shape index (κ2) is 3.33. The maximum absolute atomic E-state index is 9.31. The third kappa shape index (κ3) is 1.71. The van der Waals surface area contributed by atoms with Crippen molar-refractivity contribution in [2.45, 2.75) is 25.0 Å². The molecule has 0 aromatic carbocycles. The normalized spacial score (nSPS) is 40.1. The van der Waals surface area contributed by atoms with Crippen LogP contribution in [0.25, 0.3) is 0 Å². The van der Waals surface area contributed by atoms with E-state index in [0.717, 1.165) is 25.6 Å². The molecule has 0 saturated carbocycles. The average molecular weight is 173 g/mol. The summed E-state index contributed by atoms with van der Waals surface area (Å²) in [5, 5.41) is 9.31. The van der Waals surface area contributed by atoms with Crippen molar-refractivity contribution in [3.05, 3.63) is 0 Å². The molecular weight excluding hydrogens is 158 g/mol. The number of rotatable bonds is 1. The van der Waals surface area contributed by atoms with Crippen LogP contribution in [0.2, 0.25) is 0 Å². The molecule has 0 bridgehead atoms. The van der Waals surface area contributed by atoms with Gasteiger partial charge >= 0.3 is 0 Å². The molecule has 1 N–H and O–H groups in total.